The van der Waals surface area contributed by atoms with E-state index in [1.807, 2.05) is 35.1 Å². The summed E-state index contributed by atoms with van der Waals surface area (Å²) < 4.78 is 75.0. The van der Waals surface area contributed by atoms with Gasteiger partial charge in [-0.1, -0.05) is 12.1 Å². The van der Waals surface area contributed by atoms with Crippen molar-refractivity contribution in [1.29, 1.82) is 0 Å². The van der Waals surface area contributed by atoms with E-state index in [0.29, 0.717) is 22.6 Å². The quantitative estimate of drug-likeness (QED) is 0.147. The highest BCUT2D eigenvalue weighted by molar-refractivity contribution is 7.90. The van der Waals surface area contributed by atoms with E-state index in [2.05, 4.69) is 25.0 Å². The zero-order chi connectivity index (χ0) is 46.9. The first-order chi connectivity index (χ1) is 32.1. The first-order valence-corrected chi connectivity index (χ1v) is 23.7. The van der Waals surface area contributed by atoms with Crippen LogP contribution in [-0.2, 0) is 26.8 Å². The third-order valence-corrected chi connectivity index (χ3v) is 15.2. The predicted molar refractivity (Wildman–Crippen MR) is 242 cm³/mol. The molecule has 0 aliphatic carbocycles. The maximum Gasteiger partial charge on any atom is 0.301 e. The van der Waals surface area contributed by atoms with Gasteiger partial charge in [-0.15, -0.1) is 0 Å². The van der Waals surface area contributed by atoms with Gasteiger partial charge in [-0.3, -0.25) is 43.8 Å². The summed E-state index contributed by atoms with van der Waals surface area (Å²) in [4.78, 5) is 77.3. The molecule has 2 aromatic heterocycles. The molecule has 0 bridgehead atoms. The van der Waals surface area contributed by atoms with Crippen LogP contribution in [0.1, 0.15) is 68.7 Å². The SMILES string of the molecule is Cn1cc(C(=O)c2c(F)ccc(NS(=O)(=O)N3CC[C@@H](F)C3)c2F)c2cc(-c3ccc(N4CCN(C5CCN(c6ccc7c(c6)C(=O)N(C6CCC(=O)NC6=O)C7=O)CC5)CC4)cc3)cnc21. The Bertz CT molecular complexity index is 2990. The number of hydrogen-bond donors (Lipinski definition) is 2. The number of amides is 4. The van der Waals surface area contributed by atoms with E-state index in [0.717, 1.165) is 90.4 Å². The van der Waals surface area contributed by atoms with E-state index < -0.39 is 81.3 Å². The van der Waals surface area contributed by atoms with Gasteiger partial charge in [0, 0.05) is 112 Å². The summed E-state index contributed by atoms with van der Waals surface area (Å²) in [5.74, 6) is -5.65. The van der Waals surface area contributed by atoms with Crippen molar-refractivity contribution >= 4 is 67.7 Å². The molecular weight excluding hydrogens is 892 g/mol. The number of carbonyl (C=O) groups excluding carboxylic acids is 5. The highest BCUT2D eigenvalue weighted by atomic mass is 32.2. The third-order valence-electron chi connectivity index (χ3n) is 13.7. The van der Waals surface area contributed by atoms with E-state index in [9.17, 15) is 36.8 Å². The van der Waals surface area contributed by atoms with Crippen LogP contribution in [0.4, 0.5) is 30.2 Å². The van der Waals surface area contributed by atoms with E-state index in [1.165, 1.54) is 6.20 Å². The molecule has 2 N–H and O–H groups in total. The van der Waals surface area contributed by atoms with Crippen molar-refractivity contribution in [2.24, 2.45) is 7.05 Å². The number of anilines is 3. The van der Waals surface area contributed by atoms with Crippen molar-refractivity contribution in [3.05, 3.63) is 107 Å². The summed E-state index contributed by atoms with van der Waals surface area (Å²) in [5, 5.41) is 2.58. The average Bonchev–Trinajstić information content (AvgIpc) is 4.00. The topological polar surface area (TPSA) is 178 Å². The second-order valence-electron chi connectivity index (χ2n) is 17.7. The normalized spacial score (nSPS) is 21.1. The number of halogens is 3. The largest absolute Gasteiger partial charge is 0.371 e. The van der Waals surface area contributed by atoms with E-state index in [-0.39, 0.29) is 42.5 Å². The van der Waals surface area contributed by atoms with Gasteiger partial charge in [0.1, 0.15) is 23.7 Å². The number of pyridine rings is 1. The minimum absolute atomic E-state index is 0.00357. The molecule has 3 aromatic carbocycles. The van der Waals surface area contributed by atoms with Gasteiger partial charge >= 0.3 is 10.2 Å². The molecule has 20 heteroatoms. The lowest BCUT2D eigenvalue weighted by atomic mass is 9.99. The minimum Gasteiger partial charge on any atom is -0.371 e. The second kappa shape index (κ2) is 17.2. The number of hydrogen-bond acceptors (Lipinski definition) is 11. The smallest absolute Gasteiger partial charge is 0.301 e. The number of nitrogens with zero attached hydrogens (tertiary/aromatic N) is 7. The number of alkyl halides is 1. The van der Waals surface area contributed by atoms with Crippen LogP contribution in [-0.4, -0.2) is 132 Å². The van der Waals surface area contributed by atoms with Crippen LogP contribution in [0.3, 0.4) is 0 Å². The molecule has 5 aliphatic rings. The Balaban J connectivity index is 0.764. The molecule has 67 heavy (non-hydrogen) atoms. The number of piperazine rings is 1. The Morgan fingerprint density at radius 1 is 0.791 bits per heavy atom. The Labute approximate surface area is 383 Å². The van der Waals surface area contributed by atoms with Crippen LogP contribution in [0.2, 0.25) is 0 Å². The first-order valence-electron chi connectivity index (χ1n) is 22.2. The van der Waals surface area contributed by atoms with Gasteiger partial charge in [-0.2, -0.15) is 12.7 Å². The van der Waals surface area contributed by atoms with Crippen molar-refractivity contribution in [1.82, 2.24) is 29.0 Å². The van der Waals surface area contributed by atoms with Gasteiger partial charge in [0.15, 0.2) is 5.82 Å². The average molecular weight is 938 g/mol. The molecule has 1 unspecified atom stereocenters. The number of aryl methyl sites for hydroxylation is 1. The van der Waals surface area contributed by atoms with Gasteiger partial charge in [-0.25, -0.2) is 18.2 Å². The molecule has 2 atom stereocenters. The monoisotopic (exact) mass is 937 g/mol. The molecule has 16 nitrogen and oxygen atoms in total. The molecule has 348 valence electrons. The maximum absolute atomic E-state index is 15.9. The Morgan fingerprint density at radius 2 is 1.49 bits per heavy atom. The molecule has 5 aliphatic heterocycles. The van der Waals surface area contributed by atoms with Crippen molar-refractivity contribution in [2.75, 3.05) is 66.9 Å². The predicted octanol–water partition coefficient (Wildman–Crippen LogP) is 4.64. The Hall–Kier alpha value is -6.64. The summed E-state index contributed by atoms with van der Waals surface area (Å²) in [6.45, 7) is 4.44. The number of carbonyl (C=O) groups is 5. The number of aromatic nitrogens is 2. The lowest BCUT2D eigenvalue weighted by molar-refractivity contribution is -0.136. The number of benzene rings is 3. The van der Waals surface area contributed by atoms with Crippen molar-refractivity contribution in [3.63, 3.8) is 0 Å². The fourth-order valence-electron chi connectivity index (χ4n) is 10.0. The molecule has 0 radical (unpaired) electrons. The van der Waals surface area contributed by atoms with Gasteiger partial charge in [0.25, 0.3) is 11.8 Å². The zero-order valence-corrected chi connectivity index (χ0v) is 37.2. The second-order valence-corrected chi connectivity index (χ2v) is 19.3. The van der Waals surface area contributed by atoms with Gasteiger partial charge in [0.05, 0.1) is 22.4 Å². The van der Waals surface area contributed by atoms with E-state index in [4.69, 9.17) is 0 Å². The highest BCUT2D eigenvalue weighted by Crippen LogP contribution is 2.35. The number of fused-ring (bicyclic) bond motifs is 2. The van der Waals surface area contributed by atoms with E-state index in [1.54, 1.807) is 36.0 Å². The van der Waals surface area contributed by atoms with Crippen molar-refractivity contribution < 1.29 is 45.6 Å². The van der Waals surface area contributed by atoms with Crippen LogP contribution in [0.25, 0.3) is 22.2 Å². The summed E-state index contributed by atoms with van der Waals surface area (Å²) in [7, 11) is -2.72. The number of piperidine rings is 2. The third kappa shape index (κ3) is 8.09. The summed E-state index contributed by atoms with van der Waals surface area (Å²) in [5.41, 5.74) is 2.70. The fraction of sp³-hybridized carbons (Fsp3) is 0.362. The lowest BCUT2D eigenvalue weighted by Crippen LogP contribution is -2.54. The number of nitrogens with one attached hydrogen (secondary N) is 2. The molecular formula is C47H46F3N9O7S. The fourth-order valence-corrected chi connectivity index (χ4v) is 11.3. The maximum atomic E-state index is 15.9. The summed E-state index contributed by atoms with van der Waals surface area (Å²) in [6.07, 6.45) is 3.75. The van der Waals surface area contributed by atoms with Crippen LogP contribution in [0, 0.1) is 11.6 Å². The van der Waals surface area contributed by atoms with Gasteiger partial charge in [-0.05, 0) is 79.8 Å². The van der Waals surface area contributed by atoms with Crippen LogP contribution < -0.4 is 19.8 Å². The molecule has 0 saturated carbocycles. The standard InChI is InChI=1S/C47H46F3N9O7S/c1-54-26-36(43(61)41-37(49)8-9-38(42(41)50)53-67(65,66)58-17-12-29(48)25-58)34-22-28(24-51-44(34)54)27-2-4-30(5-3-27)56-18-20-57(21-19-56)31-13-15-55(16-14-31)32-6-7-33-35(23-32)47(64)59(46(33)63)39-10-11-40(60)52-45(39)62/h2-9,22-24,26,29,31,39,53H,10-21,25H2,1H3,(H,52,60,62)/t29-,39?/m1/s1. The van der Waals surface area contributed by atoms with Crippen LogP contribution in [0.5, 0.6) is 0 Å². The Morgan fingerprint density at radius 3 is 2.19 bits per heavy atom. The van der Waals surface area contributed by atoms with Gasteiger partial charge < -0.3 is 14.4 Å². The highest BCUT2D eigenvalue weighted by Gasteiger charge is 2.45. The van der Waals surface area contributed by atoms with E-state index >= 15 is 8.78 Å². The number of imide groups is 2. The summed E-state index contributed by atoms with van der Waals surface area (Å²) in [6, 6.07) is 16.0. The lowest BCUT2D eigenvalue weighted by Gasteiger charge is -2.44. The number of rotatable bonds is 10. The molecule has 4 saturated heterocycles. The van der Waals surface area contributed by atoms with Crippen LogP contribution in [0.15, 0.2) is 73.1 Å². The van der Waals surface area contributed by atoms with Crippen LogP contribution >= 0.6 is 0 Å². The van der Waals surface area contributed by atoms with Crippen molar-refractivity contribution in [2.45, 2.75) is 50.4 Å². The molecule has 5 aromatic rings. The molecule has 4 fully saturated rings. The molecule has 0 spiro atoms. The zero-order valence-electron chi connectivity index (χ0n) is 36.4. The first kappa shape index (κ1) is 44.2. The molecule has 7 heterocycles. The summed E-state index contributed by atoms with van der Waals surface area (Å²) >= 11 is 0. The number of ketones is 1. The molecule has 10 rings (SSSR count). The Kier molecular flexibility index (Phi) is 11.4. The minimum atomic E-state index is -4.37. The molecule has 4 amide bonds. The van der Waals surface area contributed by atoms with Crippen molar-refractivity contribution in [3.8, 4) is 11.1 Å². The van der Waals surface area contributed by atoms with Gasteiger partial charge in [0.2, 0.25) is 17.6 Å².